The van der Waals surface area contributed by atoms with E-state index in [0.29, 0.717) is 45.0 Å². The van der Waals surface area contributed by atoms with Crippen LogP contribution in [0.3, 0.4) is 0 Å². The highest BCUT2D eigenvalue weighted by atomic mass is 19.1. The number of nitrogens with zero attached hydrogens (tertiary/aromatic N) is 1. The molecule has 1 spiro atoms. The highest BCUT2D eigenvalue weighted by molar-refractivity contribution is 6.32. The van der Waals surface area contributed by atoms with Crippen LogP contribution < -0.4 is 14.4 Å². The average Bonchev–Trinajstić information content (AvgIpc) is 3.46. The summed E-state index contributed by atoms with van der Waals surface area (Å²) < 4.78 is 25.4. The van der Waals surface area contributed by atoms with Gasteiger partial charge >= 0.3 is 0 Å². The normalized spacial score (nSPS) is 21.2. The molecule has 0 aromatic heterocycles. The molecule has 0 unspecified atom stereocenters. The first kappa shape index (κ1) is 25.9. The number of methoxy groups -OCH3 is 2. The highest BCUT2D eigenvalue weighted by Crippen LogP contribution is 2.61. The summed E-state index contributed by atoms with van der Waals surface area (Å²) in [6.45, 7) is 0. The Balaban J connectivity index is 1.55. The van der Waals surface area contributed by atoms with Crippen LogP contribution in [0.25, 0.3) is 6.08 Å². The average molecular weight is 560 g/mol. The number of rotatable bonds is 5. The number of halogens is 1. The zero-order valence-corrected chi connectivity index (χ0v) is 22.9. The Bertz CT molecular complexity index is 1790. The van der Waals surface area contributed by atoms with Crippen molar-refractivity contribution in [1.82, 2.24) is 0 Å². The fourth-order valence-electron chi connectivity index (χ4n) is 7.10. The van der Waals surface area contributed by atoms with Gasteiger partial charge in [0.25, 0.3) is 0 Å². The van der Waals surface area contributed by atoms with E-state index in [9.17, 15) is 18.8 Å². The van der Waals surface area contributed by atoms with E-state index in [-0.39, 0.29) is 17.3 Å². The van der Waals surface area contributed by atoms with Gasteiger partial charge in [-0.1, -0.05) is 60.7 Å². The third-order valence-electron chi connectivity index (χ3n) is 8.84. The van der Waals surface area contributed by atoms with E-state index in [0.717, 1.165) is 0 Å². The van der Waals surface area contributed by atoms with Crippen molar-refractivity contribution in [1.29, 1.82) is 0 Å². The minimum atomic E-state index is -1.65. The third kappa shape index (κ3) is 3.46. The Labute approximate surface area is 242 Å². The molecule has 0 bridgehead atoms. The van der Waals surface area contributed by atoms with Crippen molar-refractivity contribution in [2.45, 2.75) is 18.0 Å². The van der Waals surface area contributed by atoms with Crippen molar-refractivity contribution in [2.75, 3.05) is 19.1 Å². The quantitative estimate of drug-likeness (QED) is 0.216. The van der Waals surface area contributed by atoms with Gasteiger partial charge in [0.1, 0.15) is 28.8 Å². The summed E-state index contributed by atoms with van der Waals surface area (Å²) in [6.07, 6.45) is 3.52. The van der Waals surface area contributed by atoms with E-state index in [4.69, 9.17) is 9.47 Å². The summed E-state index contributed by atoms with van der Waals surface area (Å²) in [6, 6.07) is 23.4. The minimum Gasteiger partial charge on any atom is -0.497 e. The summed E-state index contributed by atoms with van der Waals surface area (Å²) >= 11 is 0. The Morgan fingerprint density at radius 3 is 2.17 bits per heavy atom. The lowest BCUT2D eigenvalue weighted by molar-refractivity contribution is 0.0665. The predicted molar refractivity (Wildman–Crippen MR) is 156 cm³/mol. The number of Topliss-reactive ketones (excluding diaryl/α,β-unsaturated/α-hetero) is 3. The smallest absolute Gasteiger partial charge is 0.186 e. The molecule has 6 nitrogen and oxygen atoms in total. The van der Waals surface area contributed by atoms with Crippen LogP contribution in [0.4, 0.5) is 10.1 Å². The molecule has 4 aromatic rings. The number of benzene rings is 4. The number of fused-ring (bicyclic) bond motifs is 5. The lowest BCUT2D eigenvalue weighted by Crippen LogP contribution is -2.48. The standard InChI is InChI=1S/C35H26FNO5/c1-41-24-9-5-7-21(18-24)30-31(32(38)22-8-6-10-25(19-22)42-2)37-28-15-14-23(36)17-20(28)13-16-29(37)35(30)33(39)26-11-3-4-12-27(26)34(35)40/h3-19,29-31H,1-2H3/t29-,30-,31-/m1/s1. The van der Waals surface area contributed by atoms with Crippen LogP contribution in [0.5, 0.6) is 11.5 Å². The van der Waals surface area contributed by atoms with E-state index in [1.165, 1.54) is 19.2 Å². The summed E-state index contributed by atoms with van der Waals surface area (Å²) in [5.41, 5.74) is 1.15. The Morgan fingerprint density at radius 2 is 1.48 bits per heavy atom. The SMILES string of the molecule is COc1cccc(C(=O)[C@H]2[C@@H](c3cccc(OC)c3)C3(C(=O)c4ccccc4C3=O)[C@H]3C=Cc4cc(F)ccc4N23)c1. The van der Waals surface area contributed by atoms with Gasteiger partial charge in [-0.15, -0.1) is 0 Å². The number of anilines is 1. The topological polar surface area (TPSA) is 72.9 Å². The molecule has 1 fully saturated rings. The second-order valence-corrected chi connectivity index (χ2v) is 10.8. The van der Waals surface area contributed by atoms with E-state index in [1.807, 2.05) is 11.0 Å². The monoisotopic (exact) mass is 559 g/mol. The van der Waals surface area contributed by atoms with Crippen molar-refractivity contribution in [3.8, 4) is 11.5 Å². The van der Waals surface area contributed by atoms with Crippen LogP contribution in [0, 0.1) is 11.2 Å². The van der Waals surface area contributed by atoms with Crippen LogP contribution in [0.1, 0.15) is 48.1 Å². The molecule has 4 aromatic carbocycles. The maximum Gasteiger partial charge on any atom is 0.186 e. The Kier molecular flexibility index (Phi) is 5.87. The van der Waals surface area contributed by atoms with Gasteiger partial charge in [-0.05, 0) is 48.0 Å². The molecule has 2 heterocycles. The molecule has 0 N–H and O–H groups in total. The predicted octanol–water partition coefficient (Wildman–Crippen LogP) is 6.16. The van der Waals surface area contributed by atoms with Gasteiger partial charge in [0.15, 0.2) is 17.3 Å². The van der Waals surface area contributed by atoms with E-state index in [2.05, 4.69) is 0 Å². The molecule has 2 aliphatic heterocycles. The summed E-state index contributed by atoms with van der Waals surface area (Å²) in [4.78, 5) is 46.0. The third-order valence-corrected chi connectivity index (χ3v) is 8.84. The van der Waals surface area contributed by atoms with Crippen molar-refractivity contribution in [3.63, 3.8) is 0 Å². The molecule has 7 rings (SSSR count). The van der Waals surface area contributed by atoms with Crippen LogP contribution >= 0.6 is 0 Å². The van der Waals surface area contributed by atoms with Gasteiger partial charge in [0.2, 0.25) is 0 Å². The molecule has 42 heavy (non-hydrogen) atoms. The maximum atomic E-state index is 14.8. The van der Waals surface area contributed by atoms with Gasteiger partial charge in [-0.2, -0.15) is 0 Å². The number of carbonyl (C=O) groups excluding carboxylic acids is 3. The summed E-state index contributed by atoms with van der Waals surface area (Å²) in [5, 5.41) is 0. The van der Waals surface area contributed by atoms with E-state index in [1.54, 1.807) is 92.1 Å². The van der Waals surface area contributed by atoms with Crippen LogP contribution in [-0.2, 0) is 0 Å². The highest BCUT2D eigenvalue weighted by Gasteiger charge is 2.71. The first-order valence-corrected chi connectivity index (χ1v) is 13.7. The molecule has 1 saturated heterocycles. The van der Waals surface area contributed by atoms with Crippen LogP contribution in [0.2, 0.25) is 0 Å². The van der Waals surface area contributed by atoms with Crippen LogP contribution in [-0.4, -0.2) is 43.7 Å². The van der Waals surface area contributed by atoms with Gasteiger partial charge in [-0.3, -0.25) is 14.4 Å². The molecule has 0 saturated carbocycles. The number of carbonyl (C=O) groups is 3. The van der Waals surface area contributed by atoms with Crippen molar-refractivity contribution < 1.29 is 28.2 Å². The minimum absolute atomic E-state index is 0.286. The molecular weight excluding hydrogens is 533 g/mol. The molecule has 7 heteroatoms. The largest absolute Gasteiger partial charge is 0.497 e. The van der Waals surface area contributed by atoms with Gasteiger partial charge < -0.3 is 14.4 Å². The zero-order valence-electron chi connectivity index (χ0n) is 22.9. The van der Waals surface area contributed by atoms with Crippen molar-refractivity contribution in [3.05, 3.63) is 131 Å². The first-order valence-electron chi connectivity index (χ1n) is 13.7. The Morgan fingerprint density at radius 1 is 0.810 bits per heavy atom. The van der Waals surface area contributed by atoms with E-state index >= 15 is 0 Å². The molecule has 3 atom stereocenters. The maximum absolute atomic E-state index is 14.8. The van der Waals surface area contributed by atoms with Gasteiger partial charge in [0.05, 0.1) is 20.3 Å². The summed E-state index contributed by atoms with van der Waals surface area (Å²) in [5.74, 6) is -1.23. The van der Waals surface area contributed by atoms with Gasteiger partial charge in [0, 0.05) is 33.9 Å². The molecule has 0 amide bonds. The molecule has 0 radical (unpaired) electrons. The second kappa shape index (κ2) is 9.52. The number of hydrogen-bond donors (Lipinski definition) is 0. The molecule has 208 valence electrons. The molecule has 3 aliphatic rings. The second-order valence-electron chi connectivity index (χ2n) is 10.8. The zero-order chi connectivity index (χ0) is 29.2. The van der Waals surface area contributed by atoms with Crippen molar-refractivity contribution in [2.24, 2.45) is 5.41 Å². The number of ketones is 3. The fourth-order valence-corrected chi connectivity index (χ4v) is 7.10. The first-order chi connectivity index (χ1) is 20.4. The summed E-state index contributed by atoms with van der Waals surface area (Å²) in [7, 11) is 3.07. The fraction of sp³-hybridized carbons (Fsp3) is 0.171. The Hall–Kier alpha value is -5.04. The molecule has 1 aliphatic carbocycles. The molecular formula is C35H26FNO5. The van der Waals surface area contributed by atoms with Crippen LogP contribution in [0.15, 0.2) is 97.1 Å². The van der Waals surface area contributed by atoms with Gasteiger partial charge in [-0.25, -0.2) is 4.39 Å². The number of hydrogen-bond acceptors (Lipinski definition) is 6. The number of ether oxygens (including phenoxy) is 2. The lowest BCUT2D eigenvalue weighted by Gasteiger charge is -2.37. The van der Waals surface area contributed by atoms with E-state index < -0.39 is 29.2 Å². The lowest BCUT2D eigenvalue weighted by atomic mass is 9.64. The van der Waals surface area contributed by atoms with Crippen molar-refractivity contribution >= 4 is 29.1 Å².